The van der Waals surface area contributed by atoms with E-state index >= 15 is 0 Å². The second-order valence-corrected chi connectivity index (χ2v) is 15.5. The standard InChI is InChI=1S/C43H63N3O18S/c47-39-10-9-38(41(48)45-39)46-42(49)36-7-4-8-37(40(36)43(46)50)44-11-12-53-13-14-54-15-16-55-17-18-56-19-20-57-21-22-58-23-24-59-25-26-60-27-28-61-29-30-62-31-32-63-33-34-64-65(51,52)35-5-2-1-3-6-35/h1-8,38,44H,9-34H2,(H,45,47,48). The average molecular weight is 942 g/mol. The Bertz CT molecular complexity index is 1790. The Hall–Kier alpha value is -4.01. The van der Waals surface area contributed by atoms with Gasteiger partial charge in [-0.05, 0) is 30.7 Å². The lowest BCUT2D eigenvalue weighted by atomic mass is 10.0. The van der Waals surface area contributed by atoms with Crippen LogP contribution in [-0.4, -0.2) is 201 Å². The molecule has 1 fully saturated rings. The van der Waals surface area contributed by atoms with Gasteiger partial charge in [0.1, 0.15) is 6.04 Å². The Morgan fingerprint density at radius 2 is 0.923 bits per heavy atom. The SMILES string of the molecule is O=C1CCC(N2C(=O)c3cccc(NCCOCCOCCOCCOCCOCCOCCOCCOCCOCCOCCOCCOS(=O)(=O)c4ccccc4)c3C2=O)C(=O)N1. The highest BCUT2D eigenvalue weighted by Crippen LogP contribution is 2.32. The lowest BCUT2D eigenvalue weighted by Crippen LogP contribution is -2.54. The number of carbonyl (C=O) groups excluding carboxylic acids is 4. The second-order valence-electron chi connectivity index (χ2n) is 13.9. The lowest BCUT2D eigenvalue weighted by molar-refractivity contribution is -0.136. The molecular formula is C43H63N3O18S. The normalized spacial score (nSPS) is 15.2. The van der Waals surface area contributed by atoms with E-state index in [-0.39, 0.29) is 42.1 Å². The largest absolute Gasteiger partial charge is 0.382 e. The minimum Gasteiger partial charge on any atom is -0.382 e. The number of ether oxygens (including phenoxy) is 11. The molecule has 22 heteroatoms. The van der Waals surface area contributed by atoms with Gasteiger partial charge in [-0.1, -0.05) is 24.3 Å². The minimum atomic E-state index is -3.78. The third-order valence-corrected chi connectivity index (χ3v) is 10.6. The summed E-state index contributed by atoms with van der Waals surface area (Å²) >= 11 is 0. The molecule has 0 bridgehead atoms. The molecule has 0 radical (unpaired) electrons. The number of nitrogens with one attached hydrogen (secondary N) is 2. The van der Waals surface area contributed by atoms with Crippen molar-refractivity contribution >= 4 is 39.4 Å². The van der Waals surface area contributed by atoms with Crippen LogP contribution >= 0.6 is 0 Å². The van der Waals surface area contributed by atoms with Crippen LogP contribution < -0.4 is 10.6 Å². The van der Waals surface area contributed by atoms with E-state index in [0.29, 0.717) is 151 Å². The highest BCUT2D eigenvalue weighted by Gasteiger charge is 2.45. The Labute approximate surface area is 379 Å². The molecule has 4 amide bonds. The molecule has 0 aromatic heterocycles. The van der Waals surface area contributed by atoms with Crippen LogP contribution in [-0.2, 0) is 76.0 Å². The Balaban J connectivity index is 0.799. The first kappa shape index (κ1) is 53.6. The summed E-state index contributed by atoms with van der Waals surface area (Å²) in [5.74, 6) is -2.19. The van der Waals surface area contributed by atoms with E-state index in [1.165, 1.54) is 12.1 Å². The van der Waals surface area contributed by atoms with E-state index < -0.39 is 39.8 Å². The van der Waals surface area contributed by atoms with Gasteiger partial charge in [-0.15, -0.1) is 0 Å². The number of carbonyl (C=O) groups is 4. The molecule has 4 rings (SSSR count). The molecule has 2 aliphatic rings. The van der Waals surface area contributed by atoms with Crippen molar-refractivity contribution in [3.8, 4) is 0 Å². The first-order valence-corrected chi connectivity index (χ1v) is 23.1. The maximum absolute atomic E-state index is 13.2. The number of benzene rings is 2. The number of imide groups is 2. The van der Waals surface area contributed by atoms with Crippen LogP contribution in [0.15, 0.2) is 53.4 Å². The molecular weight excluding hydrogens is 879 g/mol. The van der Waals surface area contributed by atoms with E-state index in [2.05, 4.69) is 10.6 Å². The van der Waals surface area contributed by atoms with Gasteiger partial charge >= 0.3 is 0 Å². The number of fused-ring (bicyclic) bond motifs is 1. The van der Waals surface area contributed by atoms with Gasteiger partial charge in [0, 0.05) is 18.7 Å². The zero-order chi connectivity index (χ0) is 46.2. The number of piperidine rings is 1. The third-order valence-electron chi connectivity index (χ3n) is 9.25. The zero-order valence-corrected chi connectivity index (χ0v) is 37.6. The zero-order valence-electron chi connectivity index (χ0n) is 36.8. The van der Waals surface area contributed by atoms with Crippen LogP contribution in [0, 0.1) is 0 Å². The van der Waals surface area contributed by atoms with Gasteiger partial charge in [-0.2, -0.15) is 8.42 Å². The van der Waals surface area contributed by atoms with Crippen molar-refractivity contribution in [3.63, 3.8) is 0 Å². The van der Waals surface area contributed by atoms with Crippen molar-refractivity contribution in [1.82, 2.24) is 10.2 Å². The quantitative estimate of drug-likeness (QED) is 0.0540. The summed E-state index contributed by atoms with van der Waals surface area (Å²) in [6.07, 6.45) is 0.155. The van der Waals surface area contributed by atoms with E-state index in [1.807, 2.05) is 0 Å². The van der Waals surface area contributed by atoms with Crippen LogP contribution in [0.5, 0.6) is 0 Å². The summed E-state index contributed by atoms with van der Waals surface area (Å²) in [5, 5.41) is 5.33. The van der Waals surface area contributed by atoms with Crippen molar-refractivity contribution in [2.45, 2.75) is 23.8 Å². The summed E-state index contributed by atoms with van der Waals surface area (Å²) in [6, 6.07) is 11.8. The topological polar surface area (TPSA) is 240 Å². The van der Waals surface area contributed by atoms with Crippen molar-refractivity contribution in [2.75, 3.05) is 164 Å². The fourth-order valence-electron chi connectivity index (χ4n) is 6.08. The first-order valence-electron chi connectivity index (χ1n) is 21.7. The second kappa shape index (κ2) is 32.6. The molecule has 2 aliphatic heterocycles. The molecule has 0 saturated carbocycles. The summed E-state index contributed by atoms with van der Waals surface area (Å²) < 4.78 is 89.2. The highest BCUT2D eigenvalue weighted by atomic mass is 32.2. The lowest BCUT2D eigenvalue weighted by Gasteiger charge is -2.27. The summed E-state index contributed by atoms with van der Waals surface area (Å²) in [6.45, 7) is 9.12. The molecule has 2 aromatic carbocycles. The van der Waals surface area contributed by atoms with Gasteiger partial charge in [-0.3, -0.25) is 33.6 Å². The predicted octanol–water partition coefficient (Wildman–Crippen LogP) is 1.09. The Kier molecular flexibility index (Phi) is 26.9. The van der Waals surface area contributed by atoms with Crippen molar-refractivity contribution < 1.29 is 83.9 Å². The highest BCUT2D eigenvalue weighted by molar-refractivity contribution is 7.86. The van der Waals surface area contributed by atoms with Gasteiger partial charge in [0.05, 0.1) is 168 Å². The minimum absolute atomic E-state index is 0.0589. The molecule has 2 heterocycles. The molecule has 21 nitrogen and oxygen atoms in total. The fraction of sp³-hybridized carbons (Fsp3) is 0.628. The number of amides is 4. The molecule has 2 N–H and O–H groups in total. The molecule has 2 aromatic rings. The van der Waals surface area contributed by atoms with Crippen LogP contribution in [0.2, 0.25) is 0 Å². The maximum Gasteiger partial charge on any atom is 0.297 e. The monoisotopic (exact) mass is 941 g/mol. The van der Waals surface area contributed by atoms with Gasteiger partial charge in [0.15, 0.2) is 0 Å². The van der Waals surface area contributed by atoms with Crippen LogP contribution in [0.4, 0.5) is 5.69 Å². The van der Waals surface area contributed by atoms with E-state index in [4.69, 9.17) is 56.3 Å². The van der Waals surface area contributed by atoms with E-state index in [0.717, 1.165) is 4.90 Å². The van der Waals surface area contributed by atoms with Crippen molar-refractivity contribution in [2.24, 2.45) is 0 Å². The summed E-state index contributed by atoms with van der Waals surface area (Å²) in [5.41, 5.74) is 0.885. The molecule has 65 heavy (non-hydrogen) atoms. The van der Waals surface area contributed by atoms with Crippen LogP contribution in [0.3, 0.4) is 0 Å². The predicted molar refractivity (Wildman–Crippen MR) is 230 cm³/mol. The van der Waals surface area contributed by atoms with Gasteiger partial charge in [0.25, 0.3) is 21.9 Å². The van der Waals surface area contributed by atoms with Gasteiger partial charge in [0.2, 0.25) is 11.8 Å². The Morgan fingerprint density at radius 3 is 1.35 bits per heavy atom. The number of anilines is 1. The number of rotatable bonds is 40. The molecule has 0 spiro atoms. The average Bonchev–Trinajstić information content (AvgIpc) is 3.56. The molecule has 1 atom stereocenters. The first-order chi connectivity index (χ1) is 31.8. The third kappa shape index (κ3) is 21.0. The number of nitrogens with zero attached hydrogens (tertiary/aromatic N) is 1. The molecule has 364 valence electrons. The maximum atomic E-state index is 13.2. The fourth-order valence-corrected chi connectivity index (χ4v) is 6.99. The summed E-state index contributed by atoms with van der Waals surface area (Å²) in [7, 11) is -3.78. The van der Waals surface area contributed by atoms with E-state index in [9.17, 15) is 27.6 Å². The smallest absolute Gasteiger partial charge is 0.297 e. The van der Waals surface area contributed by atoms with E-state index in [1.54, 1.807) is 36.4 Å². The number of hydrogen-bond acceptors (Lipinski definition) is 19. The molecule has 1 unspecified atom stereocenters. The van der Waals surface area contributed by atoms with Crippen molar-refractivity contribution in [3.05, 3.63) is 59.7 Å². The van der Waals surface area contributed by atoms with Gasteiger partial charge in [-0.25, -0.2) is 0 Å². The van der Waals surface area contributed by atoms with Crippen LogP contribution in [0.1, 0.15) is 33.6 Å². The van der Waals surface area contributed by atoms with Crippen molar-refractivity contribution in [1.29, 1.82) is 0 Å². The molecule has 0 aliphatic carbocycles. The Morgan fingerprint density at radius 1 is 0.508 bits per heavy atom. The van der Waals surface area contributed by atoms with Gasteiger partial charge < -0.3 is 57.4 Å². The summed E-state index contributed by atoms with van der Waals surface area (Å²) in [4.78, 5) is 51.0. The van der Waals surface area contributed by atoms with Crippen LogP contribution in [0.25, 0.3) is 0 Å². The number of hydrogen-bond donors (Lipinski definition) is 2. The molecule has 1 saturated heterocycles.